The predicted octanol–water partition coefficient (Wildman–Crippen LogP) is 13.3. The van der Waals surface area contributed by atoms with E-state index in [-0.39, 0.29) is 11.5 Å². The Hall–Kier alpha value is -6.77. The summed E-state index contributed by atoms with van der Waals surface area (Å²) in [6.07, 6.45) is 2.26. The molecule has 0 spiro atoms. The highest BCUT2D eigenvalue weighted by Gasteiger charge is 2.36. The minimum atomic E-state index is -0.00876. The van der Waals surface area contributed by atoms with Crippen LogP contribution < -0.4 is 5.32 Å². The highest BCUT2D eigenvalue weighted by atomic mass is 15.0. The molecule has 0 bridgehead atoms. The monoisotopic (exact) mass is 704 g/mol. The topological polar surface area (TPSA) is 24.4 Å². The molecular formula is C53H40N2. The standard InChI is InChI=1S/C53H40N2/c1-53(2)47-22-12-11-20-46(47)51-42(21-13-23-48(51)53)38-30-26-36(27-31-38)35-24-28-37(29-25-35)41-32-33-45(44-19-10-9-18-43(41)44)50-34-49(39-14-5-3-6-15-39)54-52(55-50)40-16-7-4-8-17-40/h3-34,49H,1-2H3,(H,54,55). The molecule has 0 saturated heterocycles. The SMILES string of the molecule is CC1(C)c2ccccc2-c2c(-c3ccc(-c4ccc(-c5ccc(C6=CC(c7ccccc7)NC(c7ccccc7)=N6)c6ccccc56)cc4)cc3)cccc21. The van der Waals surface area contributed by atoms with Crippen LogP contribution in [0.5, 0.6) is 0 Å². The molecule has 0 aromatic heterocycles. The van der Waals surface area contributed by atoms with E-state index in [1.807, 2.05) is 6.07 Å². The molecule has 8 aromatic rings. The quantitative estimate of drug-likeness (QED) is 0.183. The molecule has 55 heavy (non-hydrogen) atoms. The third-order valence-electron chi connectivity index (χ3n) is 11.6. The van der Waals surface area contributed by atoms with E-state index in [0.717, 1.165) is 22.7 Å². The minimum absolute atomic E-state index is 0.00122. The fraction of sp³-hybridized carbons (Fsp3) is 0.0755. The first kappa shape index (κ1) is 32.8. The molecule has 1 N–H and O–H groups in total. The van der Waals surface area contributed by atoms with E-state index in [2.05, 4.69) is 207 Å². The molecule has 1 unspecified atom stereocenters. The number of amidine groups is 1. The lowest BCUT2D eigenvalue weighted by atomic mass is 9.82. The van der Waals surface area contributed by atoms with Crippen molar-refractivity contribution in [1.29, 1.82) is 0 Å². The van der Waals surface area contributed by atoms with Crippen molar-refractivity contribution in [2.24, 2.45) is 4.99 Å². The fourth-order valence-electron chi connectivity index (χ4n) is 8.72. The lowest BCUT2D eigenvalue weighted by molar-refractivity contribution is 0.660. The van der Waals surface area contributed by atoms with E-state index in [9.17, 15) is 0 Å². The lowest BCUT2D eigenvalue weighted by Crippen LogP contribution is -2.31. The van der Waals surface area contributed by atoms with Crippen LogP contribution in [0.2, 0.25) is 0 Å². The van der Waals surface area contributed by atoms with Gasteiger partial charge in [-0.15, -0.1) is 0 Å². The first-order valence-corrected chi connectivity index (χ1v) is 19.2. The largest absolute Gasteiger partial charge is 0.359 e. The highest BCUT2D eigenvalue weighted by molar-refractivity contribution is 6.07. The molecule has 262 valence electrons. The molecule has 8 aromatic carbocycles. The second-order valence-corrected chi connectivity index (χ2v) is 15.2. The fourth-order valence-corrected chi connectivity index (χ4v) is 8.72. The van der Waals surface area contributed by atoms with E-state index in [1.54, 1.807) is 0 Å². The summed E-state index contributed by atoms with van der Waals surface area (Å²) in [6.45, 7) is 4.68. The van der Waals surface area contributed by atoms with Gasteiger partial charge in [0.05, 0.1) is 11.7 Å². The van der Waals surface area contributed by atoms with Crippen LogP contribution in [0.25, 0.3) is 61.0 Å². The highest BCUT2D eigenvalue weighted by Crippen LogP contribution is 2.52. The molecule has 1 heterocycles. The van der Waals surface area contributed by atoms with Crippen molar-refractivity contribution in [3.63, 3.8) is 0 Å². The van der Waals surface area contributed by atoms with Gasteiger partial charge in [0, 0.05) is 16.5 Å². The van der Waals surface area contributed by atoms with Crippen molar-refractivity contribution in [2.75, 3.05) is 0 Å². The second-order valence-electron chi connectivity index (χ2n) is 15.2. The molecule has 1 aliphatic carbocycles. The minimum Gasteiger partial charge on any atom is -0.359 e. The van der Waals surface area contributed by atoms with E-state index in [1.165, 1.54) is 72.0 Å². The van der Waals surface area contributed by atoms with E-state index in [0.29, 0.717) is 0 Å². The Morgan fingerprint density at radius 3 is 1.65 bits per heavy atom. The Kier molecular flexibility index (Phi) is 7.92. The predicted molar refractivity (Wildman–Crippen MR) is 231 cm³/mol. The Balaban J connectivity index is 0.976. The number of aliphatic imine (C=N–C) groups is 1. The zero-order valence-corrected chi connectivity index (χ0v) is 31.0. The molecule has 0 radical (unpaired) electrons. The van der Waals surface area contributed by atoms with Gasteiger partial charge < -0.3 is 5.32 Å². The number of nitrogens with one attached hydrogen (secondary N) is 1. The summed E-state index contributed by atoms with van der Waals surface area (Å²) < 4.78 is 0. The molecule has 0 amide bonds. The third-order valence-corrected chi connectivity index (χ3v) is 11.6. The summed E-state index contributed by atoms with van der Waals surface area (Å²) in [5.41, 5.74) is 17.3. The zero-order valence-electron chi connectivity index (χ0n) is 31.0. The van der Waals surface area contributed by atoms with Gasteiger partial charge in [-0.3, -0.25) is 0 Å². The molecule has 0 saturated carbocycles. The number of nitrogens with zero attached hydrogens (tertiary/aromatic N) is 1. The zero-order chi connectivity index (χ0) is 36.9. The van der Waals surface area contributed by atoms with Gasteiger partial charge in [-0.05, 0) is 78.0 Å². The van der Waals surface area contributed by atoms with Gasteiger partial charge in [0.2, 0.25) is 0 Å². The van der Waals surface area contributed by atoms with Gasteiger partial charge in [0.25, 0.3) is 0 Å². The summed E-state index contributed by atoms with van der Waals surface area (Å²) in [6, 6.07) is 68.0. The van der Waals surface area contributed by atoms with E-state index < -0.39 is 0 Å². The number of benzene rings is 8. The molecule has 10 rings (SSSR count). The van der Waals surface area contributed by atoms with Gasteiger partial charge in [-0.1, -0.05) is 202 Å². The van der Waals surface area contributed by atoms with Crippen LogP contribution >= 0.6 is 0 Å². The van der Waals surface area contributed by atoms with Gasteiger partial charge in [-0.25, -0.2) is 4.99 Å². The Labute approximate surface area is 323 Å². The van der Waals surface area contributed by atoms with Gasteiger partial charge in [-0.2, -0.15) is 0 Å². The molecule has 2 nitrogen and oxygen atoms in total. The van der Waals surface area contributed by atoms with Crippen molar-refractivity contribution >= 4 is 22.3 Å². The van der Waals surface area contributed by atoms with Gasteiger partial charge in [0.1, 0.15) is 5.84 Å². The molecule has 0 fully saturated rings. The summed E-state index contributed by atoms with van der Waals surface area (Å²) in [4.78, 5) is 5.22. The number of fused-ring (bicyclic) bond motifs is 4. The van der Waals surface area contributed by atoms with Crippen molar-refractivity contribution in [1.82, 2.24) is 5.32 Å². The maximum atomic E-state index is 5.22. The third kappa shape index (κ3) is 5.70. The van der Waals surface area contributed by atoms with Crippen LogP contribution in [0.15, 0.2) is 199 Å². The van der Waals surface area contributed by atoms with Gasteiger partial charge >= 0.3 is 0 Å². The maximum Gasteiger partial charge on any atom is 0.134 e. The van der Waals surface area contributed by atoms with Crippen LogP contribution in [0, 0.1) is 0 Å². The van der Waals surface area contributed by atoms with E-state index in [4.69, 9.17) is 4.99 Å². The van der Waals surface area contributed by atoms with Crippen LogP contribution in [-0.4, -0.2) is 5.84 Å². The number of hydrogen-bond donors (Lipinski definition) is 1. The average Bonchev–Trinajstić information content (AvgIpc) is 3.50. The maximum absolute atomic E-state index is 5.22. The van der Waals surface area contributed by atoms with Crippen LogP contribution in [0.3, 0.4) is 0 Å². The summed E-state index contributed by atoms with van der Waals surface area (Å²) in [7, 11) is 0. The molecule has 2 heteroatoms. The molecular weight excluding hydrogens is 665 g/mol. The lowest BCUT2D eigenvalue weighted by Gasteiger charge is -2.25. The molecule has 2 aliphatic rings. The van der Waals surface area contributed by atoms with Crippen molar-refractivity contribution in [2.45, 2.75) is 25.3 Å². The Bertz CT molecular complexity index is 2770. The van der Waals surface area contributed by atoms with Crippen molar-refractivity contribution in [3.8, 4) is 44.5 Å². The smallest absolute Gasteiger partial charge is 0.134 e. The van der Waals surface area contributed by atoms with Crippen LogP contribution in [0.4, 0.5) is 0 Å². The normalized spacial score (nSPS) is 15.4. The average molecular weight is 705 g/mol. The summed E-state index contributed by atoms with van der Waals surface area (Å²) >= 11 is 0. The van der Waals surface area contributed by atoms with Gasteiger partial charge in [0.15, 0.2) is 0 Å². The Morgan fingerprint density at radius 2 is 0.945 bits per heavy atom. The second kappa shape index (κ2) is 13.3. The van der Waals surface area contributed by atoms with Crippen LogP contribution in [0.1, 0.15) is 47.7 Å². The summed E-state index contributed by atoms with van der Waals surface area (Å²) in [5.74, 6) is 0.880. The van der Waals surface area contributed by atoms with Crippen LogP contribution in [-0.2, 0) is 5.41 Å². The number of rotatable bonds is 6. The molecule has 1 atom stereocenters. The first-order chi connectivity index (χ1) is 27.0. The summed E-state index contributed by atoms with van der Waals surface area (Å²) in [5, 5.41) is 6.09. The number of hydrogen-bond acceptors (Lipinski definition) is 2. The molecule has 1 aliphatic heterocycles. The first-order valence-electron chi connectivity index (χ1n) is 19.2. The van der Waals surface area contributed by atoms with Crippen molar-refractivity contribution < 1.29 is 0 Å². The Morgan fingerprint density at radius 1 is 0.418 bits per heavy atom. The van der Waals surface area contributed by atoms with Crippen molar-refractivity contribution in [3.05, 3.63) is 222 Å². The van der Waals surface area contributed by atoms with E-state index >= 15 is 0 Å².